The highest BCUT2D eigenvalue weighted by Crippen LogP contribution is 2.29. The van der Waals surface area contributed by atoms with Gasteiger partial charge in [-0.25, -0.2) is 9.97 Å². The van der Waals surface area contributed by atoms with Crippen molar-refractivity contribution in [1.29, 1.82) is 0 Å². The summed E-state index contributed by atoms with van der Waals surface area (Å²) in [6, 6.07) is 3.99. The normalized spacial score (nSPS) is 13.4. The molecule has 4 heteroatoms. The molecule has 0 bridgehead atoms. The first kappa shape index (κ1) is 12.1. The number of hydrogen-bond acceptors (Lipinski definition) is 4. The van der Waals surface area contributed by atoms with Crippen molar-refractivity contribution in [3.63, 3.8) is 0 Å². The Morgan fingerprint density at radius 2 is 2.16 bits per heavy atom. The fourth-order valence-corrected chi connectivity index (χ4v) is 2.57. The van der Waals surface area contributed by atoms with Gasteiger partial charge in [-0.15, -0.1) is 0 Å². The highest BCUT2D eigenvalue weighted by molar-refractivity contribution is 5.60. The van der Waals surface area contributed by atoms with Gasteiger partial charge >= 0.3 is 0 Å². The quantitative estimate of drug-likeness (QED) is 0.915. The molecule has 2 aromatic rings. The van der Waals surface area contributed by atoms with E-state index in [4.69, 9.17) is 4.98 Å². The summed E-state index contributed by atoms with van der Waals surface area (Å²) in [6.07, 6.45) is 5.10. The summed E-state index contributed by atoms with van der Waals surface area (Å²) in [4.78, 5) is 13.8. The van der Waals surface area contributed by atoms with Crippen molar-refractivity contribution >= 4 is 5.82 Å². The molecule has 0 saturated carbocycles. The Labute approximate surface area is 113 Å². The Bertz CT molecular complexity index is 607. The molecule has 0 fully saturated rings. The number of anilines is 1. The van der Waals surface area contributed by atoms with E-state index in [1.54, 1.807) is 6.20 Å². The van der Waals surface area contributed by atoms with Crippen molar-refractivity contribution in [2.45, 2.75) is 33.1 Å². The molecular weight excluding hydrogens is 236 g/mol. The van der Waals surface area contributed by atoms with Crippen molar-refractivity contribution in [3.05, 3.63) is 35.2 Å². The first-order chi connectivity index (χ1) is 9.29. The second-order valence-electron chi connectivity index (χ2n) is 4.87. The Kier molecular flexibility index (Phi) is 3.15. The van der Waals surface area contributed by atoms with Crippen molar-refractivity contribution in [1.82, 2.24) is 15.0 Å². The molecule has 0 radical (unpaired) electrons. The monoisotopic (exact) mass is 254 g/mol. The summed E-state index contributed by atoms with van der Waals surface area (Å²) < 4.78 is 0. The maximum absolute atomic E-state index is 4.71. The number of hydrogen-bond donors (Lipinski definition) is 1. The fourth-order valence-electron chi connectivity index (χ4n) is 2.57. The van der Waals surface area contributed by atoms with Crippen LogP contribution in [0.1, 0.15) is 30.2 Å². The maximum atomic E-state index is 4.71. The smallest absolute Gasteiger partial charge is 0.180 e. The van der Waals surface area contributed by atoms with E-state index in [-0.39, 0.29) is 0 Å². The van der Waals surface area contributed by atoms with Crippen LogP contribution in [0.25, 0.3) is 11.5 Å². The van der Waals surface area contributed by atoms with Crippen LogP contribution in [0.4, 0.5) is 5.82 Å². The van der Waals surface area contributed by atoms with Crippen molar-refractivity contribution in [2.24, 2.45) is 0 Å². The van der Waals surface area contributed by atoms with Crippen LogP contribution in [-0.2, 0) is 12.8 Å². The highest BCUT2D eigenvalue weighted by atomic mass is 15.0. The van der Waals surface area contributed by atoms with E-state index in [1.807, 2.05) is 19.1 Å². The van der Waals surface area contributed by atoms with E-state index >= 15 is 0 Å². The minimum absolute atomic E-state index is 0.745. The zero-order chi connectivity index (χ0) is 13.2. The van der Waals surface area contributed by atoms with Crippen LogP contribution in [-0.4, -0.2) is 21.5 Å². The summed E-state index contributed by atoms with van der Waals surface area (Å²) in [7, 11) is 0. The van der Waals surface area contributed by atoms with Gasteiger partial charge in [0.05, 0.1) is 0 Å². The standard InChI is InChI=1S/C15H18N4/c1-3-16-14-11-7-4-8-12(11)18-15(19-14)13-10(2)6-5-9-17-13/h5-6,9H,3-4,7-8H2,1-2H3,(H,16,18,19). The van der Waals surface area contributed by atoms with Gasteiger partial charge in [0, 0.05) is 24.0 Å². The molecule has 19 heavy (non-hydrogen) atoms. The van der Waals surface area contributed by atoms with Gasteiger partial charge in [-0.3, -0.25) is 4.98 Å². The topological polar surface area (TPSA) is 50.7 Å². The van der Waals surface area contributed by atoms with E-state index in [2.05, 4.69) is 22.2 Å². The zero-order valence-electron chi connectivity index (χ0n) is 11.4. The van der Waals surface area contributed by atoms with Crippen LogP contribution in [0.2, 0.25) is 0 Å². The molecule has 0 unspecified atom stereocenters. The Morgan fingerprint density at radius 1 is 1.26 bits per heavy atom. The molecule has 2 aromatic heterocycles. The van der Waals surface area contributed by atoms with Gasteiger partial charge in [0.2, 0.25) is 0 Å². The number of rotatable bonds is 3. The largest absolute Gasteiger partial charge is 0.370 e. The predicted molar refractivity (Wildman–Crippen MR) is 76.2 cm³/mol. The summed E-state index contributed by atoms with van der Waals surface area (Å²) in [5, 5.41) is 3.36. The predicted octanol–water partition coefficient (Wildman–Crippen LogP) is 2.77. The molecule has 4 nitrogen and oxygen atoms in total. The second-order valence-corrected chi connectivity index (χ2v) is 4.87. The molecule has 1 aliphatic carbocycles. The van der Waals surface area contributed by atoms with Crippen LogP contribution in [0.3, 0.4) is 0 Å². The van der Waals surface area contributed by atoms with E-state index in [1.165, 1.54) is 17.7 Å². The van der Waals surface area contributed by atoms with Gasteiger partial charge in [0.15, 0.2) is 5.82 Å². The van der Waals surface area contributed by atoms with Gasteiger partial charge in [-0.2, -0.15) is 0 Å². The lowest BCUT2D eigenvalue weighted by Gasteiger charge is -2.11. The lowest BCUT2D eigenvalue weighted by Crippen LogP contribution is -2.07. The number of fused-ring (bicyclic) bond motifs is 1. The van der Waals surface area contributed by atoms with E-state index in [0.717, 1.165) is 42.3 Å². The summed E-state index contributed by atoms with van der Waals surface area (Å²) >= 11 is 0. The van der Waals surface area contributed by atoms with Crippen LogP contribution >= 0.6 is 0 Å². The summed E-state index contributed by atoms with van der Waals surface area (Å²) in [5.74, 6) is 1.74. The van der Waals surface area contributed by atoms with Crippen molar-refractivity contribution in [3.8, 4) is 11.5 Å². The minimum atomic E-state index is 0.745. The SMILES string of the molecule is CCNc1nc(-c2ncccc2C)nc2c1CCC2. The van der Waals surface area contributed by atoms with Crippen LogP contribution < -0.4 is 5.32 Å². The van der Waals surface area contributed by atoms with Gasteiger partial charge in [0.25, 0.3) is 0 Å². The lowest BCUT2D eigenvalue weighted by molar-refractivity contribution is 0.899. The first-order valence-corrected chi connectivity index (χ1v) is 6.85. The molecule has 0 amide bonds. The second kappa shape index (κ2) is 4.96. The number of pyridine rings is 1. The van der Waals surface area contributed by atoms with Gasteiger partial charge in [-0.05, 0) is 44.7 Å². The fraction of sp³-hybridized carbons (Fsp3) is 0.400. The molecular formula is C15H18N4. The van der Waals surface area contributed by atoms with E-state index < -0.39 is 0 Å². The van der Waals surface area contributed by atoms with Crippen LogP contribution in [0, 0.1) is 6.92 Å². The van der Waals surface area contributed by atoms with Gasteiger partial charge < -0.3 is 5.32 Å². The third kappa shape index (κ3) is 2.18. The molecule has 0 spiro atoms. The molecule has 98 valence electrons. The lowest BCUT2D eigenvalue weighted by atomic mass is 10.2. The van der Waals surface area contributed by atoms with Gasteiger partial charge in [0.1, 0.15) is 11.5 Å². The average Bonchev–Trinajstić information content (AvgIpc) is 2.88. The van der Waals surface area contributed by atoms with Crippen LogP contribution in [0.15, 0.2) is 18.3 Å². The maximum Gasteiger partial charge on any atom is 0.180 e. The zero-order valence-corrected chi connectivity index (χ0v) is 11.4. The summed E-state index contributed by atoms with van der Waals surface area (Å²) in [6.45, 7) is 5.02. The number of nitrogens with zero attached hydrogens (tertiary/aromatic N) is 3. The molecule has 0 atom stereocenters. The molecule has 0 aromatic carbocycles. The highest BCUT2D eigenvalue weighted by Gasteiger charge is 2.20. The first-order valence-electron chi connectivity index (χ1n) is 6.85. The Balaban J connectivity index is 2.13. The third-order valence-corrected chi connectivity index (χ3v) is 3.50. The average molecular weight is 254 g/mol. The number of aromatic nitrogens is 3. The molecule has 0 saturated heterocycles. The van der Waals surface area contributed by atoms with Crippen molar-refractivity contribution < 1.29 is 0 Å². The molecule has 3 rings (SSSR count). The molecule has 1 aliphatic rings. The number of nitrogens with one attached hydrogen (secondary N) is 1. The molecule has 0 aliphatic heterocycles. The van der Waals surface area contributed by atoms with E-state index in [9.17, 15) is 0 Å². The minimum Gasteiger partial charge on any atom is -0.370 e. The Hall–Kier alpha value is -1.97. The van der Waals surface area contributed by atoms with E-state index in [0.29, 0.717) is 0 Å². The Morgan fingerprint density at radius 3 is 2.95 bits per heavy atom. The van der Waals surface area contributed by atoms with Crippen molar-refractivity contribution in [2.75, 3.05) is 11.9 Å². The number of aryl methyl sites for hydroxylation is 2. The van der Waals surface area contributed by atoms with Crippen LogP contribution in [0.5, 0.6) is 0 Å². The van der Waals surface area contributed by atoms with Gasteiger partial charge in [-0.1, -0.05) is 6.07 Å². The molecule has 2 heterocycles. The third-order valence-electron chi connectivity index (χ3n) is 3.50. The molecule has 1 N–H and O–H groups in total. The summed E-state index contributed by atoms with van der Waals surface area (Å²) in [5.41, 5.74) is 4.48.